The van der Waals surface area contributed by atoms with E-state index in [9.17, 15) is 4.79 Å². The molecule has 2 aliphatic rings. The Kier molecular flexibility index (Phi) is 2.75. The van der Waals surface area contributed by atoms with Crippen molar-refractivity contribution in [2.45, 2.75) is 39.7 Å². The molecule has 0 aromatic rings. The molecule has 1 amide bonds. The molecule has 0 bridgehead atoms. The molecule has 0 unspecified atom stereocenters. The number of hydrogen-bond donors (Lipinski definition) is 1. The zero-order valence-corrected chi connectivity index (χ0v) is 10.0. The van der Waals surface area contributed by atoms with Gasteiger partial charge in [-0.1, -0.05) is 20.8 Å². The van der Waals surface area contributed by atoms with Crippen molar-refractivity contribution >= 4 is 5.91 Å². The molecule has 3 nitrogen and oxygen atoms in total. The van der Waals surface area contributed by atoms with Crippen LogP contribution in [0.5, 0.6) is 0 Å². The van der Waals surface area contributed by atoms with Gasteiger partial charge >= 0.3 is 0 Å². The van der Waals surface area contributed by atoms with Crippen LogP contribution in [-0.2, 0) is 4.79 Å². The quantitative estimate of drug-likeness (QED) is 0.652. The molecule has 2 rings (SSSR count). The Morgan fingerprint density at radius 3 is 2.73 bits per heavy atom. The predicted molar refractivity (Wildman–Crippen MR) is 60.5 cm³/mol. The first kappa shape index (κ1) is 10.9. The highest BCUT2D eigenvalue weighted by Crippen LogP contribution is 2.32. The third kappa shape index (κ3) is 2.03. The molecule has 0 radical (unpaired) electrons. The summed E-state index contributed by atoms with van der Waals surface area (Å²) in [5.74, 6) is 1.07. The molecule has 0 saturated carbocycles. The van der Waals surface area contributed by atoms with Gasteiger partial charge in [0, 0.05) is 24.5 Å². The van der Waals surface area contributed by atoms with E-state index in [1.807, 2.05) is 20.8 Å². The normalized spacial score (nSPS) is 31.5. The number of piperidine rings is 1. The van der Waals surface area contributed by atoms with Crippen molar-refractivity contribution in [3.8, 4) is 0 Å². The second-order valence-corrected chi connectivity index (χ2v) is 5.86. The van der Waals surface area contributed by atoms with E-state index in [4.69, 9.17) is 0 Å². The van der Waals surface area contributed by atoms with Crippen LogP contribution >= 0.6 is 0 Å². The highest BCUT2D eigenvalue weighted by atomic mass is 16.2. The maximum Gasteiger partial charge on any atom is 0.228 e. The first-order chi connectivity index (χ1) is 7.00. The summed E-state index contributed by atoms with van der Waals surface area (Å²) >= 11 is 0. The van der Waals surface area contributed by atoms with E-state index in [2.05, 4.69) is 10.2 Å². The number of fused-ring (bicyclic) bond motifs is 1. The third-order valence-corrected chi connectivity index (χ3v) is 3.63. The van der Waals surface area contributed by atoms with Crippen LogP contribution in [0.25, 0.3) is 0 Å². The smallest absolute Gasteiger partial charge is 0.228 e. The summed E-state index contributed by atoms with van der Waals surface area (Å²) in [6, 6.07) is 0.463. The fourth-order valence-electron chi connectivity index (χ4n) is 2.75. The summed E-state index contributed by atoms with van der Waals surface area (Å²) in [6.07, 6.45) is 2.44. The minimum Gasteiger partial charge on any atom is -0.338 e. The molecule has 15 heavy (non-hydrogen) atoms. The molecule has 86 valence electrons. The number of hydrogen-bond acceptors (Lipinski definition) is 2. The molecular formula is C12H22N2O. The summed E-state index contributed by atoms with van der Waals surface area (Å²) in [5.41, 5.74) is -0.230. The molecule has 0 aromatic heterocycles. The number of carbonyl (C=O) groups is 1. The number of carbonyl (C=O) groups excluding carboxylic acids is 1. The van der Waals surface area contributed by atoms with E-state index < -0.39 is 0 Å². The van der Waals surface area contributed by atoms with Crippen molar-refractivity contribution in [2.24, 2.45) is 11.3 Å². The lowest BCUT2D eigenvalue weighted by molar-refractivity contribution is -0.140. The standard InChI is InChI=1S/C12H22N2O/c1-12(2,3)11(15)14-7-5-9-4-6-13-8-10(9)14/h9-10,13H,4-8H2,1-3H3/t9-,10-/m0/s1. The largest absolute Gasteiger partial charge is 0.338 e. The summed E-state index contributed by atoms with van der Waals surface area (Å²) < 4.78 is 0. The van der Waals surface area contributed by atoms with Gasteiger partial charge in [-0.2, -0.15) is 0 Å². The summed E-state index contributed by atoms with van der Waals surface area (Å²) in [4.78, 5) is 14.3. The van der Waals surface area contributed by atoms with Gasteiger partial charge in [0.1, 0.15) is 0 Å². The van der Waals surface area contributed by atoms with Crippen molar-refractivity contribution in [1.82, 2.24) is 10.2 Å². The van der Waals surface area contributed by atoms with Crippen LogP contribution in [0.4, 0.5) is 0 Å². The van der Waals surface area contributed by atoms with Crippen molar-refractivity contribution in [3.05, 3.63) is 0 Å². The van der Waals surface area contributed by atoms with E-state index in [0.717, 1.165) is 25.6 Å². The maximum absolute atomic E-state index is 12.2. The SMILES string of the molecule is CC(C)(C)C(=O)N1CC[C@@H]2CCNC[C@@H]21. The van der Waals surface area contributed by atoms with Crippen LogP contribution in [-0.4, -0.2) is 36.5 Å². The first-order valence-corrected chi connectivity index (χ1v) is 6.02. The maximum atomic E-state index is 12.2. The number of likely N-dealkylation sites (tertiary alicyclic amines) is 1. The zero-order chi connectivity index (χ0) is 11.1. The predicted octanol–water partition coefficient (Wildman–Crippen LogP) is 1.24. The lowest BCUT2D eigenvalue weighted by Crippen LogP contribution is -2.50. The molecule has 2 atom stereocenters. The van der Waals surface area contributed by atoms with Gasteiger partial charge in [0.05, 0.1) is 0 Å². The Morgan fingerprint density at radius 1 is 1.33 bits per heavy atom. The van der Waals surface area contributed by atoms with Crippen molar-refractivity contribution in [3.63, 3.8) is 0 Å². The van der Waals surface area contributed by atoms with Crippen molar-refractivity contribution < 1.29 is 4.79 Å². The van der Waals surface area contributed by atoms with Crippen molar-refractivity contribution in [2.75, 3.05) is 19.6 Å². The van der Waals surface area contributed by atoms with E-state index in [0.29, 0.717) is 11.9 Å². The van der Waals surface area contributed by atoms with Gasteiger partial charge in [-0.15, -0.1) is 0 Å². The summed E-state index contributed by atoms with van der Waals surface area (Å²) in [5, 5.41) is 3.40. The van der Waals surface area contributed by atoms with Crippen LogP contribution in [0.1, 0.15) is 33.6 Å². The Morgan fingerprint density at radius 2 is 2.07 bits per heavy atom. The number of amides is 1. The van der Waals surface area contributed by atoms with Crippen LogP contribution in [0.2, 0.25) is 0 Å². The van der Waals surface area contributed by atoms with Crippen LogP contribution in [0, 0.1) is 11.3 Å². The highest BCUT2D eigenvalue weighted by Gasteiger charge is 2.41. The molecule has 2 saturated heterocycles. The highest BCUT2D eigenvalue weighted by molar-refractivity contribution is 5.82. The van der Waals surface area contributed by atoms with E-state index in [1.165, 1.54) is 12.8 Å². The Labute approximate surface area is 92.2 Å². The fourth-order valence-corrected chi connectivity index (χ4v) is 2.75. The molecule has 3 heteroatoms. The second kappa shape index (κ2) is 3.78. The first-order valence-electron chi connectivity index (χ1n) is 6.02. The number of nitrogens with one attached hydrogen (secondary N) is 1. The second-order valence-electron chi connectivity index (χ2n) is 5.86. The van der Waals surface area contributed by atoms with Gasteiger partial charge in [-0.05, 0) is 25.3 Å². The van der Waals surface area contributed by atoms with Gasteiger partial charge in [-0.3, -0.25) is 4.79 Å². The summed E-state index contributed by atoms with van der Waals surface area (Å²) in [6.45, 7) is 9.12. The molecule has 2 aliphatic heterocycles. The zero-order valence-electron chi connectivity index (χ0n) is 10.0. The van der Waals surface area contributed by atoms with Gasteiger partial charge in [0.15, 0.2) is 0 Å². The average Bonchev–Trinajstić information content (AvgIpc) is 2.58. The lowest BCUT2D eigenvalue weighted by atomic mass is 9.91. The van der Waals surface area contributed by atoms with Gasteiger partial charge < -0.3 is 10.2 Å². The minimum absolute atomic E-state index is 0.230. The molecule has 2 heterocycles. The number of rotatable bonds is 0. The topological polar surface area (TPSA) is 32.3 Å². The Balaban J connectivity index is 2.08. The fraction of sp³-hybridized carbons (Fsp3) is 0.917. The van der Waals surface area contributed by atoms with Gasteiger partial charge in [0.25, 0.3) is 0 Å². The molecule has 0 spiro atoms. The molecule has 0 aromatic carbocycles. The minimum atomic E-state index is -0.230. The van der Waals surface area contributed by atoms with Crippen LogP contribution in [0.15, 0.2) is 0 Å². The Bertz CT molecular complexity index is 257. The van der Waals surface area contributed by atoms with E-state index in [-0.39, 0.29) is 5.41 Å². The van der Waals surface area contributed by atoms with E-state index >= 15 is 0 Å². The van der Waals surface area contributed by atoms with Crippen LogP contribution in [0.3, 0.4) is 0 Å². The Hall–Kier alpha value is -0.570. The summed E-state index contributed by atoms with van der Waals surface area (Å²) in [7, 11) is 0. The van der Waals surface area contributed by atoms with Crippen LogP contribution < -0.4 is 5.32 Å². The molecule has 1 N–H and O–H groups in total. The average molecular weight is 210 g/mol. The monoisotopic (exact) mass is 210 g/mol. The molecular weight excluding hydrogens is 188 g/mol. The lowest BCUT2D eigenvalue weighted by Gasteiger charge is -2.35. The molecule has 0 aliphatic carbocycles. The van der Waals surface area contributed by atoms with Crippen molar-refractivity contribution in [1.29, 1.82) is 0 Å². The van der Waals surface area contributed by atoms with Gasteiger partial charge in [-0.25, -0.2) is 0 Å². The van der Waals surface area contributed by atoms with E-state index in [1.54, 1.807) is 0 Å². The molecule has 2 fully saturated rings. The van der Waals surface area contributed by atoms with Gasteiger partial charge in [0.2, 0.25) is 5.91 Å². The number of nitrogens with zero attached hydrogens (tertiary/aromatic N) is 1. The third-order valence-electron chi connectivity index (χ3n) is 3.63.